The van der Waals surface area contributed by atoms with Crippen LogP contribution in [0.4, 0.5) is 33.7 Å². The lowest BCUT2D eigenvalue weighted by molar-refractivity contribution is -0.129. The zero-order valence-electron chi connectivity index (χ0n) is 16.6. The number of halogens is 4. The minimum absolute atomic E-state index is 0.0416. The standard InChI is InChI=1S/C18H20F4N4O5S/c19-12-7-10(25-9-11(31-18(25)28)1-2-14(27)16(21)22)8-13(20)15(12)24-3-4-26(17(32)23-29)30-6-5-24/h7-8,11,16,29H,1-6,9H2,(H,23,32)/t11-/m0/s1. The molecule has 2 aliphatic rings. The molecule has 0 aromatic heterocycles. The van der Waals surface area contributed by atoms with E-state index >= 15 is 0 Å². The number of hydrogen-bond donors (Lipinski definition) is 2. The third kappa shape index (κ3) is 5.37. The number of benzene rings is 1. The number of thiocarbonyl (C=S) groups is 1. The first-order chi connectivity index (χ1) is 15.2. The van der Waals surface area contributed by atoms with E-state index in [1.54, 1.807) is 5.48 Å². The predicted octanol–water partition coefficient (Wildman–Crippen LogP) is 2.22. The summed E-state index contributed by atoms with van der Waals surface area (Å²) in [5, 5.41) is 9.95. The molecule has 1 aromatic carbocycles. The molecule has 1 aromatic rings. The van der Waals surface area contributed by atoms with Crippen molar-refractivity contribution < 1.29 is 41.9 Å². The van der Waals surface area contributed by atoms with Crippen molar-refractivity contribution in [3.63, 3.8) is 0 Å². The van der Waals surface area contributed by atoms with Crippen molar-refractivity contribution in [1.29, 1.82) is 0 Å². The Kier molecular flexibility index (Phi) is 7.69. The molecule has 2 heterocycles. The molecule has 14 heteroatoms. The highest BCUT2D eigenvalue weighted by molar-refractivity contribution is 7.80. The number of amides is 1. The Morgan fingerprint density at radius 1 is 1.25 bits per heavy atom. The van der Waals surface area contributed by atoms with Gasteiger partial charge in [-0.15, -0.1) is 0 Å². The van der Waals surface area contributed by atoms with Gasteiger partial charge < -0.3 is 9.64 Å². The second kappa shape index (κ2) is 10.3. The molecule has 2 fully saturated rings. The van der Waals surface area contributed by atoms with Crippen LogP contribution < -0.4 is 15.3 Å². The Labute approximate surface area is 185 Å². The van der Waals surface area contributed by atoms with E-state index in [1.807, 2.05) is 0 Å². The van der Waals surface area contributed by atoms with Gasteiger partial charge in [-0.2, -0.15) is 0 Å². The fourth-order valence-electron chi connectivity index (χ4n) is 3.39. The van der Waals surface area contributed by atoms with Crippen molar-refractivity contribution in [2.75, 3.05) is 42.6 Å². The average Bonchev–Trinajstić information content (AvgIpc) is 2.95. The van der Waals surface area contributed by atoms with Gasteiger partial charge in [-0.05, 0) is 18.6 Å². The second-order valence-electron chi connectivity index (χ2n) is 7.02. The van der Waals surface area contributed by atoms with Crippen LogP contribution in [0.2, 0.25) is 0 Å². The molecule has 0 unspecified atom stereocenters. The minimum atomic E-state index is -3.11. The summed E-state index contributed by atoms with van der Waals surface area (Å²) in [6.45, 7) is 0.279. The molecule has 2 N–H and O–H groups in total. The lowest BCUT2D eigenvalue weighted by Gasteiger charge is -2.24. The van der Waals surface area contributed by atoms with Crippen LogP contribution in [0.25, 0.3) is 0 Å². The van der Waals surface area contributed by atoms with Gasteiger partial charge in [0.25, 0.3) is 6.43 Å². The number of nitrogens with zero attached hydrogens (tertiary/aromatic N) is 3. The molecule has 9 nitrogen and oxygen atoms in total. The Morgan fingerprint density at radius 3 is 2.56 bits per heavy atom. The smallest absolute Gasteiger partial charge is 0.414 e. The van der Waals surface area contributed by atoms with Gasteiger partial charge in [0.05, 0.1) is 25.4 Å². The molecule has 2 aliphatic heterocycles. The number of ether oxygens (including phenoxy) is 1. The van der Waals surface area contributed by atoms with Crippen LogP contribution in [0.5, 0.6) is 0 Å². The van der Waals surface area contributed by atoms with E-state index in [0.29, 0.717) is 0 Å². The maximum atomic E-state index is 14.8. The number of hydroxylamine groups is 3. The predicted molar refractivity (Wildman–Crippen MR) is 107 cm³/mol. The van der Waals surface area contributed by atoms with Gasteiger partial charge in [0.1, 0.15) is 11.8 Å². The summed E-state index contributed by atoms with van der Waals surface area (Å²) in [4.78, 5) is 30.9. The zero-order chi connectivity index (χ0) is 23.4. The molecule has 3 rings (SSSR count). The average molecular weight is 480 g/mol. The van der Waals surface area contributed by atoms with Crippen LogP contribution in [0.1, 0.15) is 12.8 Å². The number of rotatable bonds is 6. The van der Waals surface area contributed by atoms with Gasteiger partial charge in [0.15, 0.2) is 17.4 Å². The van der Waals surface area contributed by atoms with E-state index in [2.05, 4.69) is 0 Å². The van der Waals surface area contributed by atoms with Crippen LogP contribution in [-0.2, 0) is 14.4 Å². The van der Waals surface area contributed by atoms with Crippen LogP contribution >= 0.6 is 12.2 Å². The minimum Gasteiger partial charge on any atom is -0.444 e. The van der Waals surface area contributed by atoms with Crippen molar-refractivity contribution in [2.45, 2.75) is 25.4 Å². The molecule has 0 radical (unpaired) electrons. The first-order valence-corrected chi connectivity index (χ1v) is 9.99. The van der Waals surface area contributed by atoms with Crippen LogP contribution in [0.3, 0.4) is 0 Å². The van der Waals surface area contributed by atoms with E-state index in [9.17, 15) is 27.2 Å². The molecule has 0 bridgehead atoms. The third-order valence-corrected chi connectivity index (χ3v) is 5.26. The van der Waals surface area contributed by atoms with Gasteiger partial charge in [-0.1, -0.05) is 0 Å². The topological polar surface area (TPSA) is 94.6 Å². The van der Waals surface area contributed by atoms with E-state index in [1.165, 1.54) is 9.96 Å². The number of alkyl halides is 2. The van der Waals surface area contributed by atoms with Gasteiger partial charge in [0.2, 0.25) is 5.11 Å². The molecule has 0 saturated carbocycles. The number of carbonyl (C=O) groups is 2. The normalized spacial score (nSPS) is 19.2. The zero-order valence-corrected chi connectivity index (χ0v) is 17.4. The number of carbonyl (C=O) groups excluding carboxylic acids is 2. The summed E-state index contributed by atoms with van der Waals surface area (Å²) >= 11 is 4.85. The van der Waals surface area contributed by atoms with Crippen molar-refractivity contribution >= 4 is 40.6 Å². The number of hydrogen-bond acceptors (Lipinski definition) is 7. The van der Waals surface area contributed by atoms with Gasteiger partial charge in [-0.3, -0.25) is 19.7 Å². The van der Waals surface area contributed by atoms with Crippen molar-refractivity contribution in [2.24, 2.45) is 0 Å². The van der Waals surface area contributed by atoms with Crippen LogP contribution in [0.15, 0.2) is 12.1 Å². The van der Waals surface area contributed by atoms with Gasteiger partial charge >= 0.3 is 6.09 Å². The first kappa shape index (κ1) is 23.9. The highest BCUT2D eigenvalue weighted by Crippen LogP contribution is 2.32. The Balaban J connectivity index is 1.70. The molecule has 176 valence electrons. The quantitative estimate of drug-likeness (QED) is 0.361. The summed E-state index contributed by atoms with van der Waals surface area (Å²) in [6, 6.07) is 1.94. The lowest BCUT2D eigenvalue weighted by Crippen LogP contribution is -2.40. The third-order valence-electron chi connectivity index (χ3n) is 4.96. The molecular weight excluding hydrogens is 460 g/mol. The second-order valence-corrected chi connectivity index (χ2v) is 7.41. The molecule has 1 amide bonds. The maximum absolute atomic E-state index is 14.8. The monoisotopic (exact) mass is 480 g/mol. The lowest BCUT2D eigenvalue weighted by atomic mass is 10.1. The number of cyclic esters (lactones) is 1. The highest BCUT2D eigenvalue weighted by Gasteiger charge is 2.34. The summed E-state index contributed by atoms with van der Waals surface area (Å²) in [6.07, 6.45) is -5.45. The molecule has 0 aliphatic carbocycles. The summed E-state index contributed by atoms with van der Waals surface area (Å²) in [5.41, 5.74) is 1.34. The number of anilines is 2. The van der Waals surface area contributed by atoms with Crippen LogP contribution in [-0.4, -0.2) is 72.6 Å². The SMILES string of the molecule is O=C(CC[C@H]1CN(c2cc(F)c(N3CCON(C(=S)NO)CC3)c(F)c2)C(=O)O1)C(F)F. The summed E-state index contributed by atoms with van der Waals surface area (Å²) in [7, 11) is 0. The molecule has 2 saturated heterocycles. The van der Waals surface area contributed by atoms with Crippen LogP contribution in [0, 0.1) is 11.6 Å². The first-order valence-electron chi connectivity index (χ1n) is 9.58. The Morgan fingerprint density at radius 2 is 1.94 bits per heavy atom. The largest absolute Gasteiger partial charge is 0.444 e. The molecule has 32 heavy (non-hydrogen) atoms. The maximum Gasteiger partial charge on any atom is 0.414 e. The van der Waals surface area contributed by atoms with Crippen molar-refractivity contribution in [3.05, 3.63) is 23.8 Å². The van der Waals surface area contributed by atoms with E-state index in [-0.39, 0.29) is 55.7 Å². The Bertz CT molecular complexity index is 870. The fraction of sp³-hybridized carbons (Fsp3) is 0.500. The van der Waals surface area contributed by atoms with E-state index < -0.39 is 42.5 Å². The van der Waals surface area contributed by atoms with Crippen molar-refractivity contribution in [1.82, 2.24) is 10.5 Å². The Hall–Kier alpha value is -2.71. The van der Waals surface area contributed by atoms with E-state index in [4.69, 9.17) is 27.0 Å². The van der Waals surface area contributed by atoms with E-state index in [0.717, 1.165) is 17.0 Å². The van der Waals surface area contributed by atoms with Crippen molar-refractivity contribution in [3.8, 4) is 0 Å². The molecule has 0 spiro atoms. The number of ketones is 1. The highest BCUT2D eigenvalue weighted by atomic mass is 32.1. The number of Topliss-reactive ketones (excluding diaryl/α,β-unsaturated/α-hetero) is 1. The molecule has 1 atom stereocenters. The van der Waals surface area contributed by atoms with Gasteiger partial charge in [0, 0.05) is 31.6 Å². The fourth-order valence-corrected chi connectivity index (χ4v) is 3.54. The molecular formula is C18H20F4N4O5S. The summed E-state index contributed by atoms with van der Waals surface area (Å²) in [5.74, 6) is -3.13. The summed E-state index contributed by atoms with van der Waals surface area (Å²) < 4.78 is 59.4. The van der Waals surface area contributed by atoms with Gasteiger partial charge in [-0.25, -0.2) is 32.9 Å². The number of nitrogens with one attached hydrogen (secondary N) is 1.